The maximum Gasteiger partial charge on any atom is 0.303 e. The molecule has 2 atom stereocenters. The molecule has 0 aliphatic carbocycles. The first-order valence-electron chi connectivity index (χ1n) is 8.75. The molecule has 0 heterocycles. The second-order valence-electron chi connectivity index (χ2n) is 5.31. The highest BCUT2D eigenvalue weighted by Crippen LogP contribution is 2.09. The Bertz CT molecular complexity index is 446. The smallest absolute Gasteiger partial charge is 0.303 e. The lowest BCUT2D eigenvalue weighted by atomic mass is 10.3. The normalized spacial score (nSPS) is 12.9. The van der Waals surface area contributed by atoms with Crippen LogP contribution in [0.4, 0.5) is 0 Å². The maximum atomic E-state index is 11.3. The summed E-state index contributed by atoms with van der Waals surface area (Å²) in [6.45, 7) is 4.99. The summed E-state index contributed by atoms with van der Waals surface area (Å²) < 4.78 is 36.3. The van der Waals surface area contributed by atoms with Gasteiger partial charge in [0.15, 0.2) is 12.4 Å². The predicted octanol–water partition coefficient (Wildman–Crippen LogP) is 0.676. The van der Waals surface area contributed by atoms with Crippen LogP contribution >= 0.6 is 11.6 Å². The van der Waals surface area contributed by atoms with E-state index in [0.717, 1.165) is 0 Å². The minimum atomic E-state index is -1.05. The monoisotopic (exact) mass is 428 g/mol. The number of carbonyl (C=O) groups is 3. The molecule has 0 saturated heterocycles. The van der Waals surface area contributed by atoms with E-state index in [0.29, 0.717) is 25.7 Å². The molecule has 0 aromatic heterocycles. The standard InChI is InChI=1S/C17H29ClO10/c1-13(19)24-10-11-26-17(16(28-15(3)21)12-27-14(2)20)25-9-8-23-7-6-22-5-4-18/h16-17H,4-12H2,1-3H3/t16-,17+/m0/s1. The molecule has 0 aliphatic rings. The molecule has 0 aliphatic heterocycles. The van der Waals surface area contributed by atoms with Gasteiger partial charge in [-0.3, -0.25) is 14.4 Å². The Hall–Kier alpha value is -1.46. The molecule has 0 rings (SSSR count). The zero-order valence-corrected chi connectivity index (χ0v) is 17.2. The second kappa shape index (κ2) is 17.6. The quantitative estimate of drug-likeness (QED) is 0.108. The Labute approximate surface area is 169 Å². The molecule has 0 N–H and O–H groups in total. The molecule has 0 saturated carbocycles. The number of esters is 3. The third-order valence-electron chi connectivity index (χ3n) is 2.85. The van der Waals surface area contributed by atoms with E-state index < -0.39 is 30.3 Å². The highest BCUT2D eigenvalue weighted by Gasteiger charge is 2.27. The molecule has 0 aromatic rings. The fourth-order valence-corrected chi connectivity index (χ4v) is 1.90. The van der Waals surface area contributed by atoms with Gasteiger partial charge in [0.1, 0.15) is 13.2 Å². The third kappa shape index (κ3) is 16.7. The van der Waals surface area contributed by atoms with Gasteiger partial charge in [0.2, 0.25) is 0 Å². The summed E-state index contributed by atoms with van der Waals surface area (Å²) >= 11 is 5.48. The summed E-state index contributed by atoms with van der Waals surface area (Å²) in [6.07, 6.45) is -2.04. The first-order valence-corrected chi connectivity index (χ1v) is 9.28. The van der Waals surface area contributed by atoms with Gasteiger partial charge in [-0.05, 0) is 0 Å². The first-order chi connectivity index (χ1) is 13.4. The van der Waals surface area contributed by atoms with E-state index in [1.807, 2.05) is 0 Å². The zero-order chi connectivity index (χ0) is 21.2. The molecular weight excluding hydrogens is 400 g/mol. The largest absolute Gasteiger partial charge is 0.463 e. The fraction of sp³-hybridized carbons (Fsp3) is 0.824. The van der Waals surface area contributed by atoms with Crippen LogP contribution in [0.1, 0.15) is 20.8 Å². The van der Waals surface area contributed by atoms with Crippen molar-refractivity contribution in [2.45, 2.75) is 33.2 Å². The molecule has 11 heteroatoms. The van der Waals surface area contributed by atoms with Gasteiger partial charge in [-0.2, -0.15) is 0 Å². The van der Waals surface area contributed by atoms with E-state index >= 15 is 0 Å². The van der Waals surface area contributed by atoms with Crippen molar-refractivity contribution in [3.8, 4) is 0 Å². The number of ether oxygens (including phenoxy) is 7. The van der Waals surface area contributed by atoms with Gasteiger partial charge >= 0.3 is 17.9 Å². The highest BCUT2D eigenvalue weighted by atomic mass is 35.5. The van der Waals surface area contributed by atoms with Gasteiger partial charge in [0.25, 0.3) is 0 Å². The number of rotatable bonds is 17. The number of carbonyl (C=O) groups excluding carboxylic acids is 3. The molecule has 0 spiro atoms. The molecule has 0 amide bonds. The van der Waals surface area contributed by atoms with Gasteiger partial charge in [-0.1, -0.05) is 0 Å². The van der Waals surface area contributed by atoms with Crippen molar-refractivity contribution >= 4 is 29.5 Å². The number of alkyl halides is 1. The van der Waals surface area contributed by atoms with E-state index in [-0.39, 0.29) is 33.0 Å². The van der Waals surface area contributed by atoms with Crippen molar-refractivity contribution in [3.63, 3.8) is 0 Å². The van der Waals surface area contributed by atoms with Crippen molar-refractivity contribution in [1.82, 2.24) is 0 Å². The first kappa shape index (κ1) is 26.5. The van der Waals surface area contributed by atoms with E-state index in [1.54, 1.807) is 0 Å². The molecule has 164 valence electrons. The van der Waals surface area contributed by atoms with Crippen LogP contribution in [0.25, 0.3) is 0 Å². The Balaban J connectivity index is 4.51. The van der Waals surface area contributed by atoms with Crippen LogP contribution in [-0.2, 0) is 47.5 Å². The van der Waals surface area contributed by atoms with E-state index in [9.17, 15) is 14.4 Å². The molecule has 0 radical (unpaired) electrons. The van der Waals surface area contributed by atoms with Gasteiger partial charge < -0.3 is 33.2 Å². The summed E-state index contributed by atoms with van der Waals surface area (Å²) in [5.41, 5.74) is 0. The summed E-state index contributed by atoms with van der Waals surface area (Å²) in [5, 5.41) is 0. The van der Waals surface area contributed by atoms with Crippen LogP contribution in [0.2, 0.25) is 0 Å². The highest BCUT2D eigenvalue weighted by molar-refractivity contribution is 6.17. The van der Waals surface area contributed by atoms with Crippen molar-refractivity contribution in [1.29, 1.82) is 0 Å². The van der Waals surface area contributed by atoms with Gasteiger partial charge in [-0.15, -0.1) is 11.6 Å². The van der Waals surface area contributed by atoms with Gasteiger partial charge in [0, 0.05) is 26.7 Å². The minimum absolute atomic E-state index is 0.00476. The molecule has 10 nitrogen and oxygen atoms in total. The van der Waals surface area contributed by atoms with Crippen molar-refractivity contribution in [3.05, 3.63) is 0 Å². The average Bonchev–Trinajstić information content (AvgIpc) is 2.62. The number of hydrogen-bond acceptors (Lipinski definition) is 10. The summed E-state index contributed by atoms with van der Waals surface area (Å²) in [6, 6.07) is 0. The SMILES string of the molecule is CC(=O)OCCO[C@@H](OCCOCCOCCCl)[C@H](COC(C)=O)OC(C)=O. The predicted molar refractivity (Wildman–Crippen MR) is 96.9 cm³/mol. The van der Waals surface area contributed by atoms with Crippen LogP contribution in [0.3, 0.4) is 0 Å². The van der Waals surface area contributed by atoms with E-state index in [2.05, 4.69) is 0 Å². The molecule has 0 unspecified atom stereocenters. The summed E-state index contributed by atoms with van der Waals surface area (Å²) in [5.74, 6) is -1.18. The lowest BCUT2D eigenvalue weighted by Crippen LogP contribution is -2.40. The maximum absolute atomic E-state index is 11.3. The topological polar surface area (TPSA) is 116 Å². The molecule has 28 heavy (non-hydrogen) atoms. The number of hydrogen-bond donors (Lipinski definition) is 0. The lowest BCUT2D eigenvalue weighted by Gasteiger charge is -2.26. The van der Waals surface area contributed by atoms with Crippen LogP contribution in [0, 0.1) is 0 Å². The van der Waals surface area contributed by atoms with Crippen molar-refractivity contribution in [2.75, 3.05) is 58.7 Å². The third-order valence-corrected chi connectivity index (χ3v) is 3.00. The summed E-state index contributed by atoms with van der Waals surface area (Å²) in [7, 11) is 0. The fourth-order valence-electron chi connectivity index (χ4n) is 1.79. The molecule has 0 aromatic carbocycles. The van der Waals surface area contributed by atoms with Crippen LogP contribution in [0.15, 0.2) is 0 Å². The Morgan fingerprint density at radius 3 is 1.79 bits per heavy atom. The summed E-state index contributed by atoms with van der Waals surface area (Å²) in [4.78, 5) is 33.2. The van der Waals surface area contributed by atoms with Crippen LogP contribution < -0.4 is 0 Å². The van der Waals surface area contributed by atoms with Crippen molar-refractivity contribution in [2.24, 2.45) is 0 Å². The van der Waals surface area contributed by atoms with Gasteiger partial charge in [0.05, 0.1) is 39.6 Å². The van der Waals surface area contributed by atoms with Crippen molar-refractivity contribution < 1.29 is 47.5 Å². The van der Waals surface area contributed by atoms with Crippen LogP contribution in [-0.4, -0.2) is 89.0 Å². The molecule has 0 fully saturated rings. The van der Waals surface area contributed by atoms with Crippen LogP contribution in [0.5, 0.6) is 0 Å². The Kier molecular flexibility index (Phi) is 16.7. The van der Waals surface area contributed by atoms with Gasteiger partial charge in [-0.25, -0.2) is 0 Å². The molecule has 0 bridgehead atoms. The van der Waals surface area contributed by atoms with E-state index in [4.69, 9.17) is 44.8 Å². The minimum Gasteiger partial charge on any atom is -0.463 e. The second-order valence-corrected chi connectivity index (χ2v) is 5.69. The molecular formula is C17H29ClO10. The van der Waals surface area contributed by atoms with E-state index in [1.165, 1.54) is 20.8 Å². The Morgan fingerprint density at radius 2 is 1.25 bits per heavy atom. The number of halogens is 1. The zero-order valence-electron chi connectivity index (χ0n) is 16.5. The lowest BCUT2D eigenvalue weighted by molar-refractivity contribution is -0.224. The Morgan fingerprint density at radius 1 is 0.714 bits per heavy atom. The average molecular weight is 429 g/mol.